The van der Waals surface area contributed by atoms with Crippen molar-refractivity contribution >= 4 is 28.3 Å². The smallest absolute Gasteiger partial charge is 0.231 e. The van der Waals surface area contributed by atoms with Crippen LogP contribution in [0.5, 0.6) is 0 Å². The predicted octanol–water partition coefficient (Wildman–Crippen LogP) is 3.77. The van der Waals surface area contributed by atoms with Crippen LogP contribution in [0.2, 0.25) is 0 Å². The van der Waals surface area contributed by atoms with Gasteiger partial charge < -0.3 is 10.2 Å². The summed E-state index contributed by atoms with van der Waals surface area (Å²) in [7, 11) is 0. The average Bonchev–Trinajstić information content (AvgIpc) is 2.73. The fourth-order valence-corrected chi connectivity index (χ4v) is 3.52. The number of hydrogen-bond acceptors (Lipinski definition) is 5. The van der Waals surface area contributed by atoms with Gasteiger partial charge in [0.2, 0.25) is 5.91 Å². The van der Waals surface area contributed by atoms with Gasteiger partial charge in [-0.05, 0) is 24.3 Å². The molecule has 1 fully saturated rings. The van der Waals surface area contributed by atoms with Crippen LogP contribution < -0.4 is 10.2 Å². The molecule has 0 bridgehead atoms. The summed E-state index contributed by atoms with van der Waals surface area (Å²) in [5.41, 5.74) is 3.64. The van der Waals surface area contributed by atoms with E-state index in [9.17, 15) is 4.79 Å². The molecular weight excluding hydrogens is 362 g/mol. The third-order valence-corrected chi connectivity index (χ3v) is 5.17. The van der Waals surface area contributed by atoms with E-state index >= 15 is 0 Å². The summed E-state index contributed by atoms with van der Waals surface area (Å²) in [6.45, 7) is 1.29. The number of aromatic nitrogens is 3. The van der Waals surface area contributed by atoms with Crippen molar-refractivity contribution in [1.29, 1.82) is 0 Å². The van der Waals surface area contributed by atoms with Gasteiger partial charge >= 0.3 is 0 Å². The van der Waals surface area contributed by atoms with Crippen LogP contribution in [-0.2, 0) is 4.79 Å². The lowest BCUT2D eigenvalue weighted by molar-refractivity contribution is -0.120. The molecule has 0 saturated carbocycles. The zero-order valence-corrected chi connectivity index (χ0v) is 15.7. The van der Waals surface area contributed by atoms with Gasteiger partial charge in [0.05, 0.1) is 17.1 Å². The number of benzene rings is 2. The Morgan fingerprint density at radius 1 is 0.931 bits per heavy atom. The molecule has 6 nitrogen and oxygen atoms in total. The summed E-state index contributed by atoms with van der Waals surface area (Å²) in [4.78, 5) is 27.8. The molecule has 29 heavy (non-hydrogen) atoms. The van der Waals surface area contributed by atoms with Crippen molar-refractivity contribution in [1.82, 2.24) is 15.0 Å². The molecular formula is C23H19N5O. The molecule has 0 radical (unpaired) electrons. The number of pyridine rings is 1. The van der Waals surface area contributed by atoms with Crippen LogP contribution in [0.15, 0.2) is 79.3 Å². The highest BCUT2D eigenvalue weighted by Crippen LogP contribution is 2.27. The third kappa shape index (κ3) is 3.52. The monoisotopic (exact) mass is 381 g/mol. The first-order valence-corrected chi connectivity index (χ1v) is 9.54. The van der Waals surface area contributed by atoms with Gasteiger partial charge in [0.15, 0.2) is 0 Å². The molecule has 1 saturated heterocycles. The minimum absolute atomic E-state index is 0.0295. The Labute approximate surface area is 168 Å². The molecule has 0 atom stereocenters. The number of carbonyl (C=O) groups is 1. The summed E-state index contributed by atoms with van der Waals surface area (Å²) in [5, 5.41) is 4.03. The van der Waals surface area contributed by atoms with E-state index in [2.05, 4.69) is 25.2 Å². The molecule has 1 aliphatic heterocycles. The lowest BCUT2D eigenvalue weighted by Gasteiger charge is -2.39. The fourth-order valence-electron chi connectivity index (χ4n) is 3.52. The number of rotatable bonds is 4. The number of carbonyl (C=O) groups excluding carboxylic acids is 1. The molecule has 142 valence electrons. The van der Waals surface area contributed by atoms with Crippen molar-refractivity contribution in [3.63, 3.8) is 0 Å². The minimum Gasteiger partial charge on any atom is -0.355 e. The van der Waals surface area contributed by atoms with Crippen molar-refractivity contribution < 1.29 is 4.79 Å². The highest BCUT2D eigenvalue weighted by Gasteiger charge is 2.33. The standard InChI is InChI=1S/C23H19N5O/c29-23(27-19-8-9-20-17(11-19)7-4-10-24-20)18-13-28(14-18)22-12-21(25-15-26-22)16-5-2-1-3-6-16/h1-12,15,18H,13-14H2,(H,27,29). The van der Waals surface area contributed by atoms with Gasteiger partial charge in [0.1, 0.15) is 12.1 Å². The van der Waals surface area contributed by atoms with E-state index in [1.54, 1.807) is 12.5 Å². The maximum absolute atomic E-state index is 12.6. The molecule has 0 unspecified atom stereocenters. The van der Waals surface area contributed by atoms with Crippen LogP contribution >= 0.6 is 0 Å². The molecule has 3 heterocycles. The second-order valence-corrected chi connectivity index (χ2v) is 7.13. The van der Waals surface area contributed by atoms with Crippen molar-refractivity contribution in [3.8, 4) is 11.3 Å². The molecule has 2 aromatic heterocycles. The van der Waals surface area contributed by atoms with Crippen molar-refractivity contribution in [3.05, 3.63) is 79.3 Å². The van der Waals surface area contributed by atoms with E-state index in [-0.39, 0.29) is 11.8 Å². The second kappa shape index (κ2) is 7.31. The first-order chi connectivity index (χ1) is 14.3. The first kappa shape index (κ1) is 17.3. The molecule has 1 aliphatic rings. The molecule has 0 spiro atoms. The Morgan fingerprint density at radius 2 is 1.79 bits per heavy atom. The number of anilines is 2. The van der Waals surface area contributed by atoms with Gasteiger partial charge in [0, 0.05) is 42.0 Å². The van der Waals surface area contributed by atoms with Crippen molar-refractivity contribution in [2.45, 2.75) is 0 Å². The third-order valence-electron chi connectivity index (χ3n) is 5.17. The number of amides is 1. The zero-order valence-electron chi connectivity index (χ0n) is 15.7. The van der Waals surface area contributed by atoms with Crippen molar-refractivity contribution in [2.75, 3.05) is 23.3 Å². The largest absolute Gasteiger partial charge is 0.355 e. The van der Waals surface area contributed by atoms with Crippen LogP contribution in [-0.4, -0.2) is 33.9 Å². The Kier molecular flexibility index (Phi) is 4.37. The summed E-state index contributed by atoms with van der Waals surface area (Å²) in [6.07, 6.45) is 3.34. The van der Waals surface area contributed by atoms with E-state index in [0.717, 1.165) is 33.7 Å². The fraction of sp³-hybridized carbons (Fsp3) is 0.130. The quantitative estimate of drug-likeness (QED) is 0.583. The van der Waals surface area contributed by atoms with Gasteiger partial charge in [-0.3, -0.25) is 9.78 Å². The number of nitrogens with zero attached hydrogens (tertiary/aromatic N) is 4. The maximum atomic E-state index is 12.6. The van der Waals surface area contributed by atoms with Crippen molar-refractivity contribution in [2.24, 2.45) is 5.92 Å². The summed E-state index contributed by atoms with van der Waals surface area (Å²) in [6, 6.07) is 21.6. The molecule has 2 aromatic carbocycles. The minimum atomic E-state index is -0.0604. The number of hydrogen-bond donors (Lipinski definition) is 1. The maximum Gasteiger partial charge on any atom is 0.231 e. The Hall–Kier alpha value is -3.80. The Morgan fingerprint density at radius 3 is 2.66 bits per heavy atom. The summed E-state index contributed by atoms with van der Waals surface area (Å²) >= 11 is 0. The van der Waals surface area contributed by atoms with E-state index in [0.29, 0.717) is 13.1 Å². The Bertz CT molecular complexity index is 1170. The molecule has 6 heteroatoms. The predicted molar refractivity (Wildman–Crippen MR) is 114 cm³/mol. The van der Waals surface area contributed by atoms with Crippen LogP contribution in [0.3, 0.4) is 0 Å². The lowest BCUT2D eigenvalue weighted by Crippen LogP contribution is -2.52. The van der Waals surface area contributed by atoms with Crippen LogP contribution in [0.25, 0.3) is 22.2 Å². The summed E-state index contributed by atoms with van der Waals surface area (Å²) in [5.74, 6) is 0.816. The molecule has 4 aromatic rings. The second-order valence-electron chi connectivity index (χ2n) is 7.13. The molecule has 1 N–H and O–H groups in total. The topological polar surface area (TPSA) is 71.0 Å². The van der Waals surface area contributed by atoms with Gasteiger partial charge in [-0.1, -0.05) is 36.4 Å². The molecule has 0 aliphatic carbocycles. The van der Waals surface area contributed by atoms with E-state index in [1.807, 2.05) is 66.7 Å². The highest BCUT2D eigenvalue weighted by atomic mass is 16.2. The SMILES string of the molecule is O=C(Nc1ccc2ncccc2c1)C1CN(c2cc(-c3ccccc3)ncn2)C1. The first-order valence-electron chi connectivity index (χ1n) is 9.54. The van der Waals surface area contributed by atoms with E-state index < -0.39 is 0 Å². The van der Waals surface area contributed by atoms with Crippen LogP contribution in [0.1, 0.15) is 0 Å². The molecule has 1 amide bonds. The van der Waals surface area contributed by atoms with E-state index in [4.69, 9.17) is 0 Å². The van der Waals surface area contributed by atoms with Gasteiger partial charge in [-0.15, -0.1) is 0 Å². The van der Waals surface area contributed by atoms with E-state index in [1.165, 1.54) is 0 Å². The summed E-state index contributed by atoms with van der Waals surface area (Å²) < 4.78 is 0. The normalized spacial score (nSPS) is 13.9. The lowest BCUT2D eigenvalue weighted by atomic mass is 9.98. The number of nitrogens with one attached hydrogen (secondary N) is 1. The highest BCUT2D eigenvalue weighted by molar-refractivity contribution is 5.96. The van der Waals surface area contributed by atoms with Crippen LogP contribution in [0.4, 0.5) is 11.5 Å². The number of fused-ring (bicyclic) bond motifs is 1. The molecule has 5 rings (SSSR count). The van der Waals surface area contributed by atoms with Gasteiger partial charge in [-0.25, -0.2) is 9.97 Å². The zero-order chi connectivity index (χ0) is 19.6. The van der Waals surface area contributed by atoms with Gasteiger partial charge in [0.25, 0.3) is 0 Å². The average molecular weight is 381 g/mol. The van der Waals surface area contributed by atoms with Gasteiger partial charge in [-0.2, -0.15) is 0 Å². The Balaban J connectivity index is 1.24. The van der Waals surface area contributed by atoms with Crippen LogP contribution in [0, 0.1) is 5.92 Å².